The second-order valence-electron chi connectivity index (χ2n) is 5.33. The van der Waals surface area contributed by atoms with Gasteiger partial charge in [-0.3, -0.25) is 0 Å². The van der Waals surface area contributed by atoms with Crippen LogP contribution in [-0.2, 0) is 12.8 Å². The molecule has 0 aliphatic carbocycles. The summed E-state index contributed by atoms with van der Waals surface area (Å²) >= 11 is 1.25. The molecule has 1 aromatic carbocycles. The van der Waals surface area contributed by atoms with E-state index in [2.05, 4.69) is 24.9 Å². The van der Waals surface area contributed by atoms with E-state index in [1.54, 1.807) is 0 Å². The van der Waals surface area contributed by atoms with Crippen LogP contribution < -0.4 is 4.74 Å². The number of carboxylic acids is 1. The van der Waals surface area contributed by atoms with E-state index in [9.17, 15) is 4.79 Å². The third-order valence-corrected chi connectivity index (χ3v) is 4.53. The van der Waals surface area contributed by atoms with Crippen LogP contribution in [0.15, 0.2) is 24.3 Å². The number of rotatable bonds is 7. The van der Waals surface area contributed by atoms with E-state index < -0.39 is 5.97 Å². The second-order valence-corrected chi connectivity index (χ2v) is 6.42. The van der Waals surface area contributed by atoms with Crippen LogP contribution >= 0.6 is 11.3 Å². The maximum atomic E-state index is 11.1. The van der Waals surface area contributed by atoms with E-state index in [1.165, 1.54) is 16.9 Å². The van der Waals surface area contributed by atoms with Crippen LogP contribution in [-0.4, -0.2) is 22.7 Å². The summed E-state index contributed by atoms with van der Waals surface area (Å²) in [6, 6.07) is 8.01. The Morgan fingerprint density at radius 2 is 2.09 bits per heavy atom. The average Bonchev–Trinajstić information content (AvgIpc) is 2.91. The van der Waals surface area contributed by atoms with Crippen LogP contribution in [0, 0.1) is 0 Å². The first-order valence-corrected chi connectivity index (χ1v) is 8.28. The highest BCUT2D eigenvalue weighted by Crippen LogP contribution is 2.26. The summed E-state index contributed by atoms with van der Waals surface area (Å²) in [5, 5.41) is 9.97. The fourth-order valence-corrected chi connectivity index (χ4v) is 3.22. The molecule has 4 nitrogen and oxygen atoms in total. The third-order valence-electron chi connectivity index (χ3n) is 3.39. The van der Waals surface area contributed by atoms with Gasteiger partial charge < -0.3 is 9.84 Å². The van der Waals surface area contributed by atoms with Crippen molar-refractivity contribution in [2.75, 3.05) is 6.61 Å². The summed E-state index contributed by atoms with van der Waals surface area (Å²) in [5.41, 5.74) is 1.84. The molecule has 0 radical (unpaired) electrons. The number of para-hydroxylation sites is 1. The summed E-state index contributed by atoms with van der Waals surface area (Å²) < 4.78 is 5.86. The Labute approximate surface area is 134 Å². The monoisotopic (exact) mass is 319 g/mol. The SMILES string of the molecule is CCc1nc(CCOc2ccccc2C(C)C)sc1C(=O)O. The zero-order valence-electron chi connectivity index (χ0n) is 13.1. The predicted molar refractivity (Wildman–Crippen MR) is 88.2 cm³/mol. The number of ether oxygens (including phenoxy) is 1. The molecule has 0 unspecified atom stereocenters. The molecule has 22 heavy (non-hydrogen) atoms. The Hall–Kier alpha value is -1.88. The normalized spacial score (nSPS) is 10.9. The van der Waals surface area contributed by atoms with Crippen molar-refractivity contribution in [3.8, 4) is 5.75 Å². The number of carboxylic acid groups (broad SMARTS) is 1. The van der Waals surface area contributed by atoms with E-state index in [4.69, 9.17) is 9.84 Å². The van der Waals surface area contributed by atoms with E-state index in [-0.39, 0.29) is 0 Å². The summed E-state index contributed by atoms with van der Waals surface area (Å²) in [5.74, 6) is 0.399. The zero-order valence-corrected chi connectivity index (χ0v) is 13.9. The van der Waals surface area contributed by atoms with Gasteiger partial charge in [0.1, 0.15) is 10.6 Å². The molecule has 0 fully saturated rings. The molecule has 1 heterocycles. The molecular weight excluding hydrogens is 298 g/mol. The van der Waals surface area contributed by atoms with E-state index in [1.807, 2.05) is 25.1 Å². The average molecular weight is 319 g/mol. The Balaban J connectivity index is 2.01. The van der Waals surface area contributed by atoms with Gasteiger partial charge in [0.25, 0.3) is 0 Å². The maximum absolute atomic E-state index is 11.1. The highest BCUT2D eigenvalue weighted by molar-refractivity contribution is 7.13. The van der Waals surface area contributed by atoms with Gasteiger partial charge in [0.2, 0.25) is 0 Å². The Bertz CT molecular complexity index is 649. The molecule has 1 aromatic heterocycles. The molecule has 5 heteroatoms. The van der Waals surface area contributed by atoms with Crippen LogP contribution in [0.2, 0.25) is 0 Å². The van der Waals surface area contributed by atoms with Crippen LogP contribution in [0.4, 0.5) is 0 Å². The fraction of sp³-hybridized carbons (Fsp3) is 0.412. The Morgan fingerprint density at radius 1 is 1.36 bits per heavy atom. The number of benzene rings is 1. The molecule has 0 aliphatic rings. The Kier molecular flexibility index (Phi) is 5.55. The summed E-state index contributed by atoms with van der Waals surface area (Å²) in [6.45, 7) is 6.69. The highest BCUT2D eigenvalue weighted by Gasteiger charge is 2.16. The number of aromatic carboxylic acids is 1. The second kappa shape index (κ2) is 7.40. The van der Waals surface area contributed by atoms with Gasteiger partial charge in [0, 0.05) is 6.42 Å². The summed E-state index contributed by atoms with van der Waals surface area (Å²) in [6.07, 6.45) is 1.26. The van der Waals surface area contributed by atoms with Gasteiger partial charge >= 0.3 is 5.97 Å². The minimum atomic E-state index is -0.897. The minimum Gasteiger partial charge on any atom is -0.493 e. The maximum Gasteiger partial charge on any atom is 0.347 e. The van der Waals surface area contributed by atoms with E-state index >= 15 is 0 Å². The molecule has 1 N–H and O–H groups in total. The number of thiazole rings is 1. The Morgan fingerprint density at radius 3 is 2.68 bits per heavy atom. The number of hydrogen-bond donors (Lipinski definition) is 1. The number of hydrogen-bond acceptors (Lipinski definition) is 4. The van der Waals surface area contributed by atoms with Crippen molar-refractivity contribution in [1.29, 1.82) is 0 Å². The van der Waals surface area contributed by atoms with Gasteiger partial charge in [-0.15, -0.1) is 11.3 Å². The van der Waals surface area contributed by atoms with Gasteiger partial charge in [-0.05, 0) is 24.0 Å². The predicted octanol–water partition coefficient (Wildman–Crippen LogP) is 4.15. The molecular formula is C17H21NO3S. The third kappa shape index (κ3) is 3.85. The largest absolute Gasteiger partial charge is 0.493 e. The van der Waals surface area contributed by atoms with Crippen molar-refractivity contribution in [1.82, 2.24) is 4.98 Å². The van der Waals surface area contributed by atoms with Crippen molar-refractivity contribution in [2.24, 2.45) is 0 Å². The molecule has 2 rings (SSSR count). The lowest BCUT2D eigenvalue weighted by atomic mass is 10.0. The molecule has 0 saturated heterocycles. The van der Waals surface area contributed by atoms with Crippen molar-refractivity contribution in [3.05, 3.63) is 45.4 Å². The molecule has 0 saturated carbocycles. The first-order chi connectivity index (χ1) is 10.5. The molecule has 118 valence electrons. The van der Waals surface area contributed by atoms with Gasteiger partial charge in [0.05, 0.1) is 17.3 Å². The van der Waals surface area contributed by atoms with Crippen molar-refractivity contribution < 1.29 is 14.6 Å². The smallest absolute Gasteiger partial charge is 0.347 e. The molecule has 2 aromatic rings. The van der Waals surface area contributed by atoms with Gasteiger partial charge in [0.15, 0.2) is 0 Å². The van der Waals surface area contributed by atoms with Crippen molar-refractivity contribution >= 4 is 17.3 Å². The number of aryl methyl sites for hydroxylation is 1. The number of carbonyl (C=O) groups is 1. The van der Waals surface area contributed by atoms with Gasteiger partial charge in [-0.2, -0.15) is 0 Å². The lowest BCUT2D eigenvalue weighted by Gasteiger charge is -2.13. The van der Waals surface area contributed by atoms with Gasteiger partial charge in [-0.1, -0.05) is 39.0 Å². The minimum absolute atomic E-state index is 0.347. The van der Waals surface area contributed by atoms with Gasteiger partial charge in [-0.25, -0.2) is 9.78 Å². The first-order valence-electron chi connectivity index (χ1n) is 7.46. The molecule has 0 atom stereocenters. The highest BCUT2D eigenvalue weighted by atomic mass is 32.1. The van der Waals surface area contributed by atoms with E-state index in [0.717, 1.165) is 10.8 Å². The number of aromatic nitrogens is 1. The van der Waals surface area contributed by atoms with Crippen LogP contribution in [0.5, 0.6) is 5.75 Å². The van der Waals surface area contributed by atoms with Crippen LogP contribution in [0.25, 0.3) is 0 Å². The molecule has 0 bridgehead atoms. The lowest BCUT2D eigenvalue weighted by Crippen LogP contribution is -2.04. The van der Waals surface area contributed by atoms with Crippen molar-refractivity contribution in [2.45, 2.75) is 39.5 Å². The van der Waals surface area contributed by atoms with Crippen LogP contribution in [0.3, 0.4) is 0 Å². The standard InChI is InChI=1S/C17H21NO3S/c1-4-13-16(17(19)20)22-15(18-13)9-10-21-14-8-6-5-7-12(14)11(2)3/h5-8,11H,4,9-10H2,1-3H3,(H,19,20). The molecule has 0 spiro atoms. The summed E-state index contributed by atoms with van der Waals surface area (Å²) in [7, 11) is 0. The van der Waals surface area contributed by atoms with Crippen molar-refractivity contribution in [3.63, 3.8) is 0 Å². The van der Waals surface area contributed by atoms with E-state index in [0.29, 0.717) is 35.9 Å². The zero-order chi connectivity index (χ0) is 16.1. The topological polar surface area (TPSA) is 59.4 Å². The number of nitrogens with zero attached hydrogens (tertiary/aromatic N) is 1. The lowest BCUT2D eigenvalue weighted by molar-refractivity contribution is 0.0701. The fourth-order valence-electron chi connectivity index (χ4n) is 2.25. The summed E-state index contributed by atoms with van der Waals surface area (Å²) in [4.78, 5) is 15.9. The first kappa shape index (κ1) is 16.5. The molecule has 0 amide bonds. The molecule has 0 aliphatic heterocycles. The van der Waals surface area contributed by atoms with Crippen LogP contribution in [0.1, 0.15) is 52.6 Å². The quantitative estimate of drug-likeness (QED) is 0.833.